The highest BCUT2D eigenvalue weighted by Gasteiger charge is 2.26. The molecule has 0 aliphatic rings. The molecular weight excluding hydrogens is 250 g/mol. The van der Waals surface area contributed by atoms with E-state index >= 15 is 0 Å². The summed E-state index contributed by atoms with van der Waals surface area (Å²) in [5, 5.41) is 0. The van der Waals surface area contributed by atoms with Crippen molar-refractivity contribution >= 4 is 15.7 Å². The zero-order valence-corrected chi connectivity index (χ0v) is 12.1. The smallest absolute Gasteiger partial charge is 0.242 e. The Labute approximate surface area is 109 Å². The first-order valence-corrected chi connectivity index (χ1v) is 7.21. The van der Waals surface area contributed by atoms with Gasteiger partial charge in [0.05, 0.1) is 5.69 Å². The molecule has 6 heteroatoms. The second kappa shape index (κ2) is 5.26. The van der Waals surface area contributed by atoms with E-state index in [-0.39, 0.29) is 10.4 Å². The van der Waals surface area contributed by atoms with Gasteiger partial charge in [0.15, 0.2) is 0 Å². The summed E-state index contributed by atoms with van der Waals surface area (Å²) in [7, 11) is -0.228. The third kappa shape index (κ3) is 2.82. The molecule has 102 valence electrons. The topological polar surface area (TPSA) is 75.4 Å². The zero-order valence-electron chi connectivity index (χ0n) is 11.3. The van der Waals surface area contributed by atoms with E-state index in [0.717, 1.165) is 0 Å². The van der Waals surface area contributed by atoms with E-state index in [1.165, 1.54) is 7.05 Å². The molecule has 0 spiro atoms. The highest BCUT2D eigenvalue weighted by molar-refractivity contribution is 7.89. The SMILES string of the molecule is CNS(=O)(=O)c1ccccc1N(C)C(C)(C)CN. The van der Waals surface area contributed by atoms with Crippen molar-refractivity contribution in [1.82, 2.24) is 4.72 Å². The second-order valence-electron chi connectivity index (χ2n) is 4.75. The van der Waals surface area contributed by atoms with Crippen molar-refractivity contribution in [3.8, 4) is 0 Å². The van der Waals surface area contributed by atoms with Crippen molar-refractivity contribution in [1.29, 1.82) is 0 Å². The van der Waals surface area contributed by atoms with Crippen LogP contribution in [-0.2, 0) is 10.0 Å². The Kier molecular flexibility index (Phi) is 4.37. The Balaban J connectivity index is 3.35. The van der Waals surface area contributed by atoms with Crippen molar-refractivity contribution in [2.75, 3.05) is 25.5 Å². The largest absolute Gasteiger partial charge is 0.367 e. The Morgan fingerprint density at radius 1 is 1.33 bits per heavy atom. The number of nitrogens with zero attached hydrogens (tertiary/aromatic N) is 1. The van der Waals surface area contributed by atoms with Crippen molar-refractivity contribution in [3.05, 3.63) is 24.3 Å². The van der Waals surface area contributed by atoms with Crippen LogP contribution in [0.2, 0.25) is 0 Å². The monoisotopic (exact) mass is 271 g/mol. The summed E-state index contributed by atoms with van der Waals surface area (Å²) >= 11 is 0. The predicted molar refractivity (Wildman–Crippen MR) is 74.2 cm³/mol. The standard InChI is InChI=1S/C12H21N3O2S/c1-12(2,9-13)15(4)10-7-5-6-8-11(10)18(16,17)14-3/h5-8,14H,9,13H2,1-4H3. The third-order valence-electron chi connectivity index (χ3n) is 3.19. The van der Waals surface area contributed by atoms with Crippen LogP contribution in [0, 0.1) is 0 Å². The van der Waals surface area contributed by atoms with Gasteiger partial charge in [0.2, 0.25) is 10.0 Å². The second-order valence-corrected chi connectivity index (χ2v) is 6.61. The van der Waals surface area contributed by atoms with E-state index < -0.39 is 10.0 Å². The number of hydrogen-bond acceptors (Lipinski definition) is 4. The molecule has 18 heavy (non-hydrogen) atoms. The van der Waals surface area contributed by atoms with Crippen molar-refractivity contribution in [2.24, 2.45) is 5.73 Å². The summed E-state index contributed by atoms with van der Waals surface area (Å²) in [6.07, 6.45) is 0. The number of sulfonamides is 1. The Morgan fingerprint density at radius 2 is 1.89 bits per heavy atom. The first-order chi connectivity index (χ1) is 8.26. The Hall–Kier alpha value is -1.11. The van der Waals surface area contributed by atoms with Crippen LogP contribution in [0.4, 0.5) is 5.69 Å². The summed E-state index contributed by atoms with van der Waals surface area (Å²) < 4.78 is 26.3. The van der Waals surface area contributed by atoms with Gasteiger partial charge in [0.25, 0.3) is 0 Å². The van der Waals surface area contributed by atoms with Gasteiger partial charge in [-0.15, -0.1) is 0 Å². The van der Waals surface area contributed by atoms with E-state index in [1.807, 2.05) is 31.9 Å². The van der Waals surface area contributed by atoms with Gasteiger partial charge in [0, 0.05) is 19.1 Å². The minimum Gasteiger partial charge on any atom is -0.367 e. The van der Waals surface area contributed by atoms with Gasteiger partial charge in [0.1, 0.15) is 4.90 Å². The fourth-order valence-electron chi connectivity index (χ4n) is 1.53. The van der Waals surface area contributed by atoms with Gasteiger partial charge in [-0.25, -0.2) is 13.1 Å². The molecule has 0 bridgehead atoms. The van der Waals surface area contributed by atoms with Crippen LogP contribution < -0.4 is 15.4 Å². The Bertz CT molecular complexity index is 512. The van der Waals surface area contributed by atoms with Crippen LogP contribution >= 0.6 is 0 Å². The molecular formula is C12H21N3O2S. The van der Waals surface area contributed by atoms with E-state index in [1.54, 1.807) is 18.2 Å². The van der Waals surface area contributed by atoms with Crippen molar-refractivity contribution < 1.29 is 8.42 Å². The van der Waals surface area contributed by atoms with Crippen LogP contribution in [0.1, 0.15) is 13.8 Å². The number of nitrogens with one attached hydrogen (secondary N) is 1. The third-order valence-corrected chi connectivity index (χ3v) is 4.65. The number of anilines is 1. The average Bonchev–Trinajstić information content (AvgIpc) is 2.37. The number of nitrogens with two attached hydrogens (primary N) is 1. The molecule has 0 unspecified atom stereocenters. The molecule has 3 N–H and O–H groups in total. The lowest BCUT2D eigenvalue weighted by molar-refractivity contribution is 0.495. The van der Waals surface area contributed by atoms with Gasteiger partial charge in [-0.1, -0.05) is 12.1 Å². The average molecular weight is 271 g/mol. The minimum absolute atomic E-state index is 0.261. The van der Waals surface area contributed by atoms with Gasteiger partial charge in [-0.3, -0.25) is 0 Å². The van der Waals surface area contributed by atoms with E-state index in [4.69, 9.17) is 5.73 Å². The molecule has 0 aromatic heterocycles. The summed E-state index contributed by atoms with van der Waals surface area (Å²) in [6, 6.07) is 6.88. The fraction of sp³-hybridized carbons (Fsp3) is 0.500. The van der Waals surface area contributed by atoms with E-state index in [2.05, 4.69) is 4.72 Å². The van der Waals surface area contributed by atoms with Gasteiger partial charge >= 0.3 is 0 Å². The van der Waals surface area contributed by atoms with Crippen LogP contribution in [0.3, 0.4) is 0 Å². The highest BCUT2D eigenvalue weighted by atomic mass is 32.2. The number of rotatable bonds is 5. The highest BCUT2D eigenvalue weighted by Crippen LogP contribution is 2.28. The molecule has 0 amide bonds. The van der Waals surface area contributed by atoms with Crippen LogP contribution in [0.5, 0.6) is 0 Å². The lowest BCUT2D eigenvalue weighted by atomic mass is 10.0. The first-order valence-electron chi connectivity index (χ1n) is 5.73. The molecule has 0 saturated heterocycles. The lowest BCUT2D eigenvalue weighted by Gasteiger charge is -2.37. The molecule has 0 saturated carbocycles. The summed E-state index contributed by atoms with van der Waals surface area (Å²) in [5.41, 5.74) is 6.05. The van der Waals surface area contributed by atoms with Crippen LogP contribution in [0.25, 0.3) is 0 Å². The summed E-state index contributed by atoms with van der Waals surface area (Å²) in [4.78, 5) is 2.15. The minimum atomic E-state index is -3.47. The predicted octanol–water partition coefficient (Wildman–Crippen LogP) is 0.768. The van der Waals surface area contributed by atoms with E-state index in [0.29, 0.717) is 12.2 Å². The van der Waals surface area contributed by atoms with Crippen LogP contribution in [-0.4, -0.2) is 34.6 Å². The number of likely N-dealkylation sites (N-methyl/N-ethyl adjacent to an activating group) is 1. The molecule has 0 fully saturated rings. The molecule has 1 aromatic carbocycles. The molecule has 1 aromatic rings. The van der Waals surface area contributed by atoms with Gasteiger partial charge < -0.3 is 10.6 Å². The van der Waals surface area contributed by atoms with Crippen molar-refractivity contribution in [3.63, 3.8) is 0 Å². The van der Waals surface area contributed by atoms with Crippen molar-refractivity contribution in [2.45, 2.75) is 24.3 Å². The van der Waals surface area contributed by atoms with Gasteiger partial charge in [-0.05, 0) is 33.0 Å². The Morgan fingerprint density at radius 3 is 2.39 bits per heavy atom. The quantitative estimate of drug-likeness (QED) is 0.829. The molecule has 0 atom stereocenters. The lowest BCUT2D eigenvalue weighted by Crippen LogP contribution is -2.47. The number of hydrogen-bond donors (Lipinski definition) is 2. The molecule has 0 aliphatic carbocycles. The number of benzene rings is 1. The molecule has 0 aliphatic heterocycles. The molecule has 0 radical (unpaired) electrons. The molecule has 5 nitrogen and oxygen atoms in total. The maximum Gasteiger partial charge on any atom is 0.242 e. The molecule has 1 rings (SSSR count). The normalized spacial score (nSPS) is 12.5. The van der Waals surface area contributed by atoms with E-state index in [9.17, 15) is 8.42 Å². The number of para-hydroxylation sites is 1. The fourth-order valence-corrected chi connectivity index (χ4v) is 2.49. The maximum absolute atomic E-state index is 12.0. The first kappa shape index (κ1) is 14.9. The maximum atomic E-state index is 12.0. The summed E-state index contributed by atoms with van der Waals surface area (Å²) in [5.74, 6) is 0. The van der Waals surface area contributed by atoms with Gasteiger partial charge in [-0.2, -0.15) is 0 Å². The zero-order chi connectivity index (χ0) is 14.0. The summed E-state index contributed by atoms with van der Waals surface area (Å²) in [6.45, 7) is 4.36. The molecule has 0 heterocycles. The van der Waals surface area contributed by atoms with Crippen LogP contribution in [0.15, 0.2) is 29.2 Å².